The SMILES string of the molecule is Cc1c(CCC(C)C)c(Nc2ccc(C(C)C)cc2)[n+]2c([nH]c3ccccc32)c1C#N. The smallest absolute Gasteiger partial charge is 0.250 e. The van der Waals surface area contributed by atoms with Crippen molar-refractivity contribution in [3.63, 3.8) is 0 Å². The third-order valence-corrected chi connectivity index (χ3v) is 6.12. The van der Waals surface area contributed by atoms with Gasteiger partial charge in [0.1, 0.15) is 22.7 Å². The lowest BCUT2D eigenvalue weighted by molar-refractivity contribution is -0.465. The average molecular weight is 412 g/mol. The highest BCUT2D eigenvalue weighted by atomic mass is 15.1. The zero-order valence-electron chi connectivity index (χ0n) is 19.1. The molecule has 2 heterocycles. The molecule has 0 amide bonds. The first-order valence-electron chi connectivity index (χ1n) is 11.2. The first-order valence-corrected chi connectivity index (χ1v) is 11.2. The lowest BCUT2D eigenvalue weighted by atomic mass is 9.96. The van der Waals surface area contributed by atoms with Crippen LogP contribution in [0.4, 0.5) is 11.5 Å². The molecule has 0 saturated heterocycles. The Bertz CT molecular complexity index is 1270. The number of H-pyrrole nitrogens is 1. The van der Waals surface area contributed by atoms with Gasteiger partial charge in [-0.15, -0.1) is 0 Å². The van der Waals surface area contributed by atoms with Crippen LogP contribution < -0.4 is 9.72 Å². The zero-order valence-corrected chi connectivity index (χ0v) is 19.1. The second kappa shape index (κ2) is 8.43. The van der Waals surface area contributed by atoms with E-state index in [-0.39, 0.29) is 0 Å². The van der Waals surface area contributed by atoms with Crippen LogP contribution in [-0.2, 0) is 6.42 Å². The van der Waals surface area contributed by atoms with Crippen LogP contribution in [0.25, 0.3) is 16.7 Å². The van der Waals surface area contributed by atoms with E-state index in [0.717, 1.165) is 52.2 Å². The van der Waals surface area contributed by atoms with Gasteiger partial charge in [-0.1, -0.05) is 52.0 Å². The van der Waals surface area contributed by atoms with Gasteiger partial charge < -0.3 is 0 Å². The highest BCUT2D eigenvalue weighted by molar-refractivity contribution is 5.78. The first-order chi connectivity index (χ1) is 14.9. The molecule has 0 radical (unpaired) electrons. The number of hydrogen-bond acceptors (Lipinski definition) is 2. The third kappa shape index (κ3) is 3.88. The van der Waals surface area contributed by atoms with Gasteiger partial charge in [0.15, 0.2) is 0 Å². The van der Waals surface area contributed by atoms with Crippen LogP contribution in [0.2, 0.25) is 0 Å². The standard InChI is InChI=1S/C27H30N4/c1-17(2)10-15-22-19(5)23(16-28)27-30-24-8-6-7-9-25(24)31(27)26(22)29-21-13-11-20(12-14-21)18(3)4/h6-9,11-14,17-18H,10,15H2,1-5H3,(H,29,30)/p+1. The highest BCUT2D eigenvalue weighted by Crippen LogP contribution is 2.29. The summed E-state index contributed by atoms with van der Waals surface area (Å²) in [5.74, 6) is 2.14. The van der Waals surface area contributed by atoms with Crippen molar-refractivity contribution in [3.05, 3.63) is 70.8 Å². The van der Waals surface area contributed by atoms with E-state index in [1.165, 1.54) is 11.1 Å². The van der Waals surface area contributed by atoms with Gasteiger partial charge in [-0.05, 0) is 67.0 Å². The summed E-state index contributed by atoms with van der Waals surface area (Å²) in [4.78, 5) is 3.48. The quantitative estimate of drug-likeness (QED) is 0.354. The Hall–Kier alpha value is -3.32. The molecule has 2 aromatic carbocycles. The third-order valence-electron chi connectivity index (χ3n) is 6.12. The van der Waals surface area contributed by atoms with Gasteiger partial charge in [0, 0.05) is 5.56 Å². The van der Waals surface area contributed by atoms with Gasteiger partial charge in [0.25, 0.3) is 0 Å². The van der Waals surface area contributed by atoms with E-state index in [2.05, 4.69) is 91.8 Å². The van der Waals surface area contributed by atoms with Crippen molar-refractivity contribution in [2.45, 2.75) is 53.4 Å². The molecular formula is C27H31N4+. The summed E-state index contributed by atoms with van der Waals surface area (Å²) in [6.45, 7) is 11.0. The average Bonchev–Trinajstić information content (AvgIpc) is 3.13. The fraction of sp³-hybridized carbons (Fsp3) is 0.333. The number of nitriles is 1. The minimum Gasteiger partial charge on any atom is -0.273 e. The summed E-state index contributed by atoms with van der Waals surface area (Å²) in [7, 11) is 0. The first kappa shape index (κ1) is 20.9. The molecule has 4 heteroatoms. The number of nitrogens with zero attached hydrogens (tertiary/aromatic N) is 2. The van der Waals surface area contributed by atoms with Crippen molar-refractivity contribution in [1.82, 2.24) is 4.98 Å². The molecule has 0 aliphatic rings. The fourth-order valence-electron chi connectivity index (χ4n) is 4.22. The van der Waals surface area contributed by atoms with Crippen LogP contribution in [0.1, 0.15) is 62.3 Å². The molecule has 0 unspecified atom stereocenters. The fourth-order valence-corrected chi connectivity index (χ4v) is 4.22. The van der Waals surface area contributed by atoms with Crippen LogP contribution in [0.15, 0.2) is 48.5 Å². The molecule has 0 spiro atoms. The van der Waals surface area contributed by atoms with E-state index in [0.29, 0.717) is 11.8 Å². The molecule has 4 rings (SSSR count). The monoisotopic (exact) mass is 411 g/mol. The van der Waals surface area contributed by atoms with Gasteiger partial charge in [-0.2, -0.15) is 9.66 Å². The van der Waals surface area contributed by atoms with Crippen LogP contribution in [0.5, 0.6) is 0 Å². The molecule has 0 bridgehead atoms. The number of para-hydroxylation sites is 2. The van der Waals surface area contributed by atoms with Crippen LogP contribution in [0, 0.1) is 24.2 Å². The Morgan fingerprint density at radius 2 is 1.74 bits per heavy atom. The molecule has 0 aliphatic carbocycles. The molecule has 2 N–H and O–H groups in total. The summed E-state index contributed by atoms with van der Waals surface area (Å²) >= 11 is 0. The predicted molar refractivity (Wildman–Crippen MR) is 128 cm³/mol. The normalized spacial score (nSPS) is 11.5. The Morgan fingerprint density at radius 1 is 1.03 bits per heavy atom. The van der Waals surface area contributed by atoms with Crippen molar-refractivity contribution in [2.75, 3.05) is 5.32 Å². The molecule has 31 heavy (non-hydrogen) atoms. The van der Waals surface area contributed by atoms with Crippen molar-refractivity contribution in [2.24, 2.45) is 5.92 Å². The van der Waals surface area contributed by atoms with Gasteiger partial charge in [0.05, 0.1) is 5.69 Å². The Balaban J connectivity index is 1.97. The Kier molecular flexibility index (Phi) is 5.69. The topological polar surface area (TPSA) is 55.7 Å². The molecule has 4 aromatic rings. The van der Waals surface area contributed by atoms with Crippen molar-refractivity contribution < 1.29 is 4.40 Å². The molecule has 0 aliphatic heterocycles. The van der Waals surface area contributed by atoms with Crippen molar-refractivity contribution in [1.29, 1.82) is 5.26 Å². The van der Waals surface area contributed by atoms with Crippen molar-refractivity contribution >= 4 is 28.2 Å². The van der Waals surface area contributed by atoms with Gasteiger partial charge in [0.2, 0.25) is 11.5 Å². The van der Waals surface area contributed by atoms with Crippen LogP contribution in [-0.4, -0.2) is 4.98 Å². The van der Waals surface area contributed by atoms with Gasteiger partial charge in [-0.3, -0.25) is 10.3 Å². The Labute approximate surface area is 184 Å². The number of anilines is 2. The van der Waals surface area contributed by atoms with E-state index in [1.54, 1.807) is 0 Å². The van der Waals surface area contributed by atoms with Gasteiger partial charge in [-0.25, -0.2) is 0 Å². The highest BCUT2D eigenvalue weighted by Gasteiger charge is 2.26. The second-order valence-corrected chi connectivity index (χ2v) is 9.10. The maximum Gasteiger partial charge on any atom is 0.250 e. The number of aromatic amines is 1. The van der Waals surface area contributed by atoms with Crippen LogP contribution in [0.3, 0.4) is 0 Å². The number of imidazole rings is 1. The van der Waals surface area contributed by atoms with E-state index in [9.17, 15) is 5.26 Å². The minimum atomic E-state index is 0.502. The van der Waals surface area contributed by atoms with E-state index >= 15 is 0 Å². The summed E-state index contributed by atoms with van der Waals surface area (Å²) in [5.41, 5.74) is 8.30. The van der Waals surface area contributed by atoms with Gasteiger partial charge >= 0.3 is 0 Å². The van der Waals surface area contributed by atoms with E-state index in [4.69, 9.17) is 0 Å². The maximum atomic E-state index is 10.0. The van der Waals surface area contributed by atoms with Crippen molar-refractivity contribution in [3.8, 4) is 6.07 Å². The summed E-state index contributed by atoms with van der Waals surface area (Å²) in [6.07, 6.45) is 1.99. The zero-order chi connectivity index (χ0) is 22.1. The molecule has 0 fully saturated rings. The number of rotatable bonds is 6. The number of pyridine rings is 1. The number of benzene rings is 2. The predicted octanol–water partition coefficient (Wildman–Crippen LogP) is 6.54. The maximum absolute atomic E-state index is 10.0. The lowest BCUT2D eigenvalue weighted by Gasteiger charge is -2.15. The molecular weight excluding hydrogens is 380 g/mol. The minimum absolute atomic E-state index is 0.502. The molecule has 2 aromatic heterocycles. The lowest BCUT2D eigenvalue weighted by Crippen LogP contribution is -2.28. The molecule has 0 saturated carbocycles. The summed E-state index contributed by atoms with van der Waals surface area (Å²) < 4.78 is 2.19. The molecule has 158 valence electrons. The van der Waals surface area contributed by atoms with E-state index in [1.807, 2.05) is 12.1 Å². The molecule has 4 nitrogen and oxygen atoms in total. The number of aromatic nitrogens is 2. The van der Waals surface area contributed by atoms with E-state index < -0.39 is 0 Å². The number of hydrogen-bond donors (Lipinski definition) is 2. The Morgan fingerprint density at radius 3 is 2.39 bits per heavy atom. The van der Waals surface area contributed by atoms with Crippen LogP contribution >= 0.6 is 0 Å². The number of fused-ring (bicyclic) bond motifs is 3. The molecule has 0 atom stereocenters. The number of nitrogens with one attached hydrogen (secondary N) is 2. The largest absolute Gasteiger partial charge is 0.273 e. The second-order valence-electron chi connectivity index (χ2n) is 9.10. The summed E-state index contributed by atoms with van der Waals surface area (Å²) in [5, 5.41) is 13.7. The summed E-state index contributed by atoms with van der Waals surface area (Å²) in [6, 6.07) is 19.4.